The Morgan fingerprint density at radius 3 is 2.75 bits per heavy atom. The molecule has 2 unspecified atom stereocenters. The third kappa shape index (κ3) is 3.64. The van der Waals surface area contributed by atoms with Crippen molar-refractivity contribution in [2.45, 2.75) is 78.6 Å². The molecule has 0 bridgehead atoms. The molecular formula is C16H27BrN2O. The van der Waals surface area contributed by atoms with Crippen LogP contribution in [0.1, 0.15) is 64.3 Å². The summed E-state index contributed by atoms with van der Waals surface area (Å²) in [4.78, 5) is 0. The Morgan fingerprint density at radius 1 is 1.30 bits per heavy atom. The summed E-state index contributed by atoms with van der Waals surface area (Å²) in [6.07, 6.45) is 7.83. The predicted molar refractivity (Wildman–Crippen MR) is 85.8 cm³/mol. The van der Waals surface area contributed by atoms with E-state index in [4.69, 9.17) is 4.74 Å². The summed E-state index contributed by atoms with van der Waals surface area (Å²) in [5.74, 6) is 0.861. The van der Waals surface area contributed by atoms with E-state index in [1.54, 1.807) is 0 Å². The summed E-state index contributed by atoms with van der Waals surface area (Å²) in [6, 6.07) is 0. The minimum Gasteiger partial charge on any atom is -0.372 e. The average molecular weight is 343 g/mol. The van der Waals surface area contributed by atoms with Crippen LogP contribution in [-0.2, 0) is 24.3 Å². The molecule has 4 heteroatoms. The van der Waals surface area contributed by atoms with E-state index in [0.717, 1.165) is 29.1 Å². The normalized spacial score (nSPS) is 23.2. The maximum atomic E-state index is 6.19. The molecule has 0 spiro atoms. The second kappa shape index (κ2) is 7.60. The minimum atomic E-state index is 0.436. The van der Waals surface area contributed by atoms with Crippen molar-refractivity contribution in [2.24, 2.45) is 5.92 Å². The molecule has 1 saturated carbocycles. The van der Waals surface area contributed by atoms with Gasteiger partial charge in [-0.3, -0.25) is 4.68 Å². The smallest absolute Gasteiger partial charge is 0.0900 e. The van der Waals surface area contributed by atoms with Crippen LogP contribution in [0.3, 0.4) is 0 Å². The maximum absolute atomic E-state index is 6.19. The topological polar surface area (TPSA) is 27.1 Å². The first-order valence-electron chi connectivity index (χ1n) is 8.05. The van der Waals surface area contributed by atoms with Gasteiger partial charge in [-0.1, -0.05) is 33.1 Å². The van der Waals surface area contributed by atoms with Crippen molar-refractivity contribution in [3.8, 4) is 0 Å². The molecule has 114 valence electrons. The summed E-state index contributed by atoms with van der Waals surface area (Å²) in [6.45, 7) is 8.16. The molecule has 0 aromatic carbocycles. The highest BCUT2D eigenvalue weighted by molar-refractivity contribution is 9.10. The van der Waals surface area contributed by atoms with Crippen molar-refractivity contribution < 1.29 is 4.74 Å². The monoisotopic (exact) mass is 342 g/mol. The largest absolute Gasteiger partial charge is 0.372 e. The van der Waals surface area contributed by atoms with Gasteiger partial charge in [0.05, 0.1) is 28.6 Å². The first-order valence-corrected chi connectivity index (χ1v) is 8.84. The van der Waals surface area contributed by atoms with E-state index in [-0.39, 0.29) is 0 Å². The van der Waals surface area contributed by atoms with Crippen molar-refractivity contribution in [1.29, 1.82) is 0 Å². The lowest BCUT2D eigenvalue weighted by molar-refractivity contribution is -0.00136. The summed E-state index contributed by atoms with van der Waals surface area (Å²) in [7, 11) is 0. The Hall–Kier alpha value is -0.350. The molecule has 1 aromatic heterocycles. The third-order valence-electron chi connectivity index (χ3n) is 4.46. The second-order valence-corrected chi connectivity index (χ2v) is 6.54. The van der Waals surface area contributed by atoms with Crippen LogP contribution in [0, 0.1) is 5.92 Å². The summed E-state index contributed by atoms with van der Waals surface area (Å²) >= 11 is 3.69. The van der Waals surface area contributed by atoms with Gasteiger partial charge < -0.3 is 4.74 Å². The molecule has 20 heavy (non-hydrogen) atoms. The van der Waals surface area contributed by atoms with Gasteiger partial charge in [-0.2, -0.15) is 5.10 Å². The zero-order valence-electron chi connectivity index (χ0n) is 13.0. The van der Waals surface area contributed by atoms with E-state index in [0.29, 0.717) is 12.7 Å². The molecule has 0 radical (unpaired) electrons. The van der Waals surface area contributed by atoms with Crippen LogP contribution in [0.25, 0.3) is 0 Å². The highest BCUT2D eigenvalue weighted by Crippen LogP contribution is 2.30. The van der Waals surface area contributed by atoms with Gasteiger partial charge in [0, 0.05) is 6.54 Å². The summed E-state index contributed by atoms with van der Waals surface area (Å²) in [5, 5.41) is 4.63. The number of rotatable bonds is 6. The van der Waals surface area contributed by atoms with Crippen molar-refractivity contribution in [1.82, 2.24) is 9.78 Å². The molecule has 1 aliphatic carbocycles. The van der Waals surface area contributed by atoms with Gasteiger partial charge in [-0.05, 0) is 48.0 Å². The van der Waals surface area contributed by atoms with Gasteiger partial charge in [0.1, 0.15) is 0 Å². The molecule has 0 N–H and O–H groups in total. The van der Waals surface area contributed by atoms with Gasteiger partial charge in [0.25, 0.3) is 0 Å². The number of aromatic nitrogens is 2. The minimum absolute atomic E-state index is 0.436. The van der Waals surface area contributed by atoms with Crippen molar-refractivity contribution in [3.63, 3.8) is 0 Å². The number of aryl methyl sites for hydroxylation is 2. The number of halogens is 1. The van der Waals surface area contributed by atoms with Crippen molar-refractivity contribution >= 4 is 15.9 Å². The van der Waals surface area contributed by atoms with Gasteiger partial charge in [0.2, 0.25) is 0 Å². The first-order chi connectivity index (χ1) is 9.69. The molecule has 1 aromatic rings. The van der Waals surface area contributed by atoms with Crippen LogP contribution in [0.5, 0.6) is 0 Å². The van der Waals surface area contributed by atoms with Gasteiger partial charge in [-0.25, -0.2) is 0 Å². The van der Waals surface area contributed by atoms with Gasteiger partial charge in [0.15, 0.2) is 0 Å². The van der Waals surface area contributed by atoms with Crippen LogP contribution in [-0.4, -0.2) is 15.9 Å². The standard InChI is InChI=1S/C16H27BrN2O/c1-4-12-8-7-9-13(10-12)20-11-15-16(17)14(5-2)18-19(15)6-3/h12-13H,4-11H2,1-3H3. The number of hydrogen-bond acceptors (Lipinski definition) is 2. The molecule has 1 fully saturated rings. The maximum Gasteiger partial charge on any atom is 0.0900 e. The molecule has 2 atom stereocenters. The van der Waals surface area contributed by atoms with Crippen molar-refractivity contribution in [2.75, 3.05) is 0 Å². The number of hydrogen-bond donors (Lipinski definition) is 0. The van der Waals surface area contributed by atoms with Crippen LogP contribution in [0.2, 0.25) is 0 Å². The third-order valence-corrected chi connectivity index (χ3v) is 5.38. The SMILES string of the molecule is CCc1nn(CC)c(COC2CCCC(CC)C2)c1Br. The Labute approximate surface area is 131 Å². The van der Waals surface area contributed by atoms with Crippen LogP contribution in [0.15, 0.2) is 4.47 Å². The second-order valence-electron chi connectivity index (χ2n) is 5.75. The van der Waals surface area contributed by atoms with Crippen LogP contribution >= 0.6 is 15.9 Å². The van der Waals surface area contributed by atoms with Crippen molar-refractivity contribution in [3.05, 3.63) is 15.9 Å². The van der Waals surface area contributed by atoms with E-state index in [1.165, 1.54) is 37.8 Å². The quantitative estimate of drug-likeness (QED) is 0.748. The van der Waals surface area contributed by atoms with Crippen LogP contribution in [0.4, 0.5) is 0 Å². The highest BCUT2D eigenvalue weighted by atomic mass is 79.9. The summed E-state index contributed by atoms with van der Waals surface area (Å²) < 4.78 is 9.41. The lowest BCUT2D eigenvalue weighted by atomic mass is 9.85. The Balaban J connectivity index is 1.98. The van der Waals surface area contributed by atoms with Crippen LogP contribution < -0.4 is 0 Å². The summed E-state index contributed by atoms with van der Waals surface area (Å²) in [5.41, 5.74) is 2.34. The highest BCUT2D eigenvalue weighted by Gasteiger charge is 2.22. The molecule has 2 rings (SSSR count). The lowest BCUT2D eigenvalue weighted by Gasteiger charge is -2.28. The average Bonchev–Trinajstić information content (AvgIpc) is 2.81. The fourth-order valence-corrected chi connectivity index (χ4v) is 3.79. The lowest BCUT2D eigenvalue weighted by Crippen LogP contribution is -2.23. The van der Waals surface area contributed by atoms with E-state index in [9.17, 15) is 0 Å². The van der Waals surface area contributed by atoms with E-state index >= 15 is 0 Å². The zero-order valence-corrected chi connectivity index (χ0v) is 14.6. The van der Waals surface area contributed by atoms with E-state index in [2.05, 4.69) is 46.5 Å². The fraction of sp³-hybridized carbons (Fsp3) is 0.812. The predicted octanol–water partition coefficient (Wildman–Crippen LogP) is 4.71. The Bertz CT molecular complexity index is 430. The first kappa shape index (κ1) is 16.0. The van der Waals surface area contributed by atoms with E-state index < -0.39 is 0 Å². The molecule has 0 saturated heterocycles. The molecule has 0 amide bonds. The molecular weight excluding hydrogens is 316 g/mol. The molecule has 1 aliphatic rings. The Kier molecular flexibility index (Phi) is 6.09. The Morgan fingerprint density at radius 2 is 2.10 bits per heavy atom. The fourth-order valence-electron chi connectivity index (χ4n) is 3.12. The van der Waals surface area contributed by atoms with Gasteiger partial charge >= 0.3 is 0 Å². The zero-order chi connectivity index (χ0) is 14.5. The molecule has 0 aliphatic heterocycles. The molecule has 3 nitrogen and oxygen atoms in total. The number of nitrogens with zero attached hydrogens (tertiary/aromatic N) is 2. The number of ether oxygens (including phenoxy) is 1. The molecule has 1 heterocycles. The van der Waals surface area contributed by atoms with E-state index in [1.807, 2.05) is 0 Å². The van der Waals surface area contributed by atoms with Gasteiger partial charge in [-0.15, -0.1) is 0 Å².